The third-order valence-corrected chi connectivity index (χ3v) is 10.4. The van der Waals surface area contributed by atoms with E-state index in [0.29, 0.717) is 19.3 Å². The van der Waals surface area contributed by atoms with Crippen LogP contribution >= 0.6 is 0 Å². The number of aliphatic hydroxyl groups is 6. The Balaban J connectivity index is 2.49. The van der Waals surface area contributed by atoms with Gasteiger partial charge in [0.05, 0.1) is 25.4 Å². The van der Waals surface area contributed by atoms with Crippen molar-refractivity contribution in [3.63, 3.8) is 0 Å². The van der Waals surface area contributed by atoms with E-state index in [0.717, 1.165) is 32.1 Å². The number of unbranched alkanes of at least 4 members (excludes halogenated alkanes) is 22. The Bertz CT molecular complexity index is 901. The molecule has 0 spiro atoms. The molecule has 1 fully saturated rings. The van der Waals surface area contributed by atoms with Crippen molar-refractivity contribution in [3.05, 3.63) is 24.3 Å². The van der Waals surface area contributed by atoms with E-state index in [1.807, 2.05) is 6.08 Å². The highest BCUT2D eigenvalue weighted by Crippen LogP contribution is 2.22. The highest BCUT2D eigenvalue weighted by molar-refractivity contribution is 5.80. The molecule has 0 saturated carbocycles. The fourth-order valence-corrected chi connectivity index (χ4v) is 6.77. The highest BCUT2D eigenvalue weighted by atomic mass is 16.7. The van der Waals surface area contributed by atoms with Crippen molar-refractivity contribution in [2.45, 2.75) is 230 Å². The minimum absolute atomic E-state index is 0.307. The Morgan fingerprint density at radius 3 is 1.64 bits per heavy atom. The van der Waals surface area contributed by atoms with Gasteiger partial charge >= 0.3 is 0 Å². The van der Waals surface area contributed by atoms with Crippen LogP contribution in [0.2, 0.25) is 0 Å². The van der Waals surface area contributed by atoms with Crippen molar-refractivity contribution in [1.29, 1.82) is 0 Å². The summed E-state index contributed by atoms with van der Waals surface area (Å²) in [7, 11) is 0. The van der Waals surface area contributed by atoms with Gasteiger partial charge in [-0.2, -0.15) is 0 Å². The molecule has 0 radical (unpaired) electrons. The fraction of sp³-hybridized carbons (Fsp3) is 0.884. The summed E-state index contributed by atoms with van der Waals surface area (Å²) >= 11 is 0. The van der Waals surface area contributed by atoms with Crippen molar-refractivity contribution in [3.8, 4) is 0 Å². The van der Waals surface area contributed by atoms with Crippen molar-refractivity contribution >= 4 is 5.91 Å². The first-order chi connectivity index (χ1) is 25.8. The zero-order chi connectivity index (χ0) is 38.9. The molecule has 0 aromatic carbocycles. The second-order valence-electron chi connectivity index (χ2n) is 15.3. The van der Waals surface area contributed by atoms with Crippen molar-refractivity contribution in [2.24, 2.45) is 0 Å². The molecule has 0 bridgehead atoms. The highest BCUT2D eigenvalue weighted by Gasteiger charge is 2.44. The summed E-state index contributed by atoms with van der Waals surface area (Å²) in [5.41, 5.74) is 0. The van der Waals surface area contributed by atoms with Crippen LogP contribution in [0.1, 0.15) is 181 Å². The van der Waals surface area contributed by atoms with Gasteiger partial charge in [0.2, 0.25) is 5.91 Å². The number of allylic oxidation sites excluding steroid dienone is 3. The van der Waals surface area contributed by atoms with E-state index < -0.39 is 61.5 Å². The maximum absolute atomic E-state index is 13.0. The second-order valence-corrected chi connectivity index (χ2v) is 15.3. The van der Waals surface area contributed by atoms with Crippen LogP contribution in [0.25, 0.3) is 0 Å². The number of carbonyl (C=O) groups excluding carboxylic acids is 1. The van der Waals surface area contributed by atoms with Crippen LogP contribution in [0.4, 0.5) is 0 Å². The summed E-state index contributed by atoms with van der Waals surface area (Å²) in [5, 5.41) is 64.5. The summed E-state index contributed by atoms with van der Waals surface area (Å²) in [6, 6.07) is -0.991. The van der Waals surface area contributed by atoms with Crippen LogP contribution < -0.4 is 5.32 Å². The fourth-order valence-electron chi connectivity index (χ4n) is 6.77. The number of nitrogens with one attached hydrogen (secondary N) is 1. The molecule has 0 aliphatic carbocycles. The topological polar surface area (TPSA) is 169 Å². The molecule has 312 valence electrons. The Labute approximate surface area is 322 Å². The molecular formula is C43H81NO9. The summed E-state index contributed by atoms with van der Waals surface area (Å²) in [6.45, 7) is 3.57. The zero-order valence-corrected chi connectivity index (χ0v) is 33.6. The summed E-state index contributed by atoms with van der Waals surface area (Å²) in [5.74, 6) is -0.627. The summed E-state index contributed by atoms with van der Waals surface area (Å²) in [4.78, 5) is 13.0. The van der Waals surface area contributed by atoms with E-state index in [9.17, 15) is 35.4 Å². The average Bonchev–Trinajstić information content (AvgIpc) is 3.16. The Hall–Kier alpha value is -1.37. The van der Waals surface area contributed by atoms with Gasteiger partial charge in [-0.05, 0) is 32.1 Å². The third kappa shape index (κ3) is 24.7. The number of amides is 1. The van der Waals surface area contributed by atoms with Gasteiger partial charge in [-0.3, -0.25) is 4.79 Å². The van der Waals surface area contributed by atoms with Gasteiger partial charge in [-0.1, -0.05) is 173 Å². The molecule has 8 unspecified atom stereocenters. The molecule has 0 aromatic rings. The maximum atomic E-state index is 13.0. The SMILES string of the molecule is CCCCCCCCCCC/C=C/CC/C=C/C(O)C(COC1OC(CO)C(O)C(O)C1O)NC(=O)C(O)CCCCCCCCCCCCCCC. The van der Waals surface area contributed by atoms with Crippen LogP contribution in [-0.4, -0.2) is 98.7 Å². The van der Waals surface area contributed by atoms with E-state index in [1.54, 1.807) is 6.08 Å². The average molecular weight is 756 g/mol. The molecule has 1 amide bonds. The van der Waals surface area contributed by atoms with Crippen LogP contribution in [0.5, 0.6) is 0 Å². The monoisotopic (exact) mass is 756 g/mol. The molecule has 1 heterocycles. The van der Waals surface area contributed by atoms with E-state index >= 15 is 0 Å². The lowest BCUT2D eigenvalue weighted by Gasteiger charge is -2.40. The van der Waals surface area contributed by atoms with Crippen LogP contribution in [-0.2, 0) is 14.3 Å². The predicted octanol–water partition coefficient (Wildman–Crippen LogP) is 7.30. The number of ether oxygens (including phenoxy) is 2. The normalized spacial score (nSPS) is 22.5. The molecule has 53 heavy (non-hydrogen) atoms. The summed E-state index contributed by atoms with van der Waals surface area (Å²) < 4.78 is 11.1. The molecule has 10 heteroatoms. The molecule has 8 atom stereocenters. The largest absolute Gasteiger partial charge is 0.394 e. The van der Waals surface area contributed by atoms with Crippen LogP contribution in [0.15, 0.2) is 24.3 Å². The van der Waals surface area contributed by atoms with E-state index in [-0.39, 0.29) is 6.61 Å². The smallest absolute Gasteiger partial charge is 0.249 e. The minimum Gasteiger partial charge on any atom is -0.394 e. The van der Waals surface area contributed by atoms with Crippen molar-refractivity contribution in [1.82, 2.24) is 5.32 Å². The molecule has 0 aromatic heterocycles. The first-order valence-electron chi connectivity index (χ1n) is 21.7. The second kappa shape index (κ2) is 33.9. The number of hydrogen-bond acceptors (Lipinski definition) is 9. The molecule has 10 nitrogen and oxygen atoms in total. The van der Waals surface area contributed by atoms with E-state index in [1.165, 1.54) is 116 Å². The van der Waals surface area contributed by atoms with Gasteiger partial charge in [-0.15, -0.1) is 0 Å². The van der Waals surface area contributed by atoms with Gasteiger partial charge in [0, 0.05) is 0 Å². The maximum Gasteiger partial charge on any atom is 0.249 e. The van der Waals surface area contributed by atoms with Crippen molar-refractivity contribution < 1.29 is 44.9 Å². The standard InChI is InChI=1S/C43H81NO9/c1-3-5-7-9-11-13-15-17-18-20-21-23-25-27-29-31-36(46)35(34-52-43-41(50)40(49)39(48)38(33-45)53-43)44-42(51)37(47)32-30-28-26-24-22-19-16-14-12-10-8-6-4-2/h21,23,29,31,35-41,43,45-50H,3-20,22,24-28,30,32-34H2,1-2H3,(H,44,51)/b23-21+,31-29+. The molecule has 1 aliphatic rings. The minimum atomic E-state index is -1.61. The number of rotatable bonds is 35. The molecule has 7 N–H and O–H groups in total. The number of hydrogen-bond donors (Lipinski definition) is 7. The van der Waals surface area contributed by atoms with Gasteiger partial charge in [0.25, 0.3) is 0 Å². The van der Waals surface area contributed by atoms with Gasteiger partial charge in [-0.25, -0.2) is 0 Å². The lowest BCUT2D eigenvalue weighted by Crippen LogP contribution is -2.60. The van der Waals surface area contributed by atoms with Gasteiger partial charge < -0.3 is 45.4 Å². The van der Waals surface area contributed by atoms with E-state index in [4.69, 9.17) is 9.47 Å². The van der Waals surface area contributed by atoms with Crippen LogP contribution in [0, 0.1) is 0 Å². The predicted molar refractivity (Wildman–Crippen MR) is 213 cm³/mol. The first kappa shape index (κ1) is 49.6. The lowest BCUT2D eigenvalue weighted by atomic mass is 9.99. The quantitative estimate of drug-likeness (QED) is 0.0259. The molecular weight excluding hydrogens is 674 g/mol. The number of aliphatic hydroxyl groups excluding tert-OH is 6. The number of carbonyl (C=O) groups is 1. The molecule has 1 rings (SSSR count). The Kier molecular flexibility index (Phi) is 31.8. The van der Waals surface area contributed by atoms with Gasteiger partial charge in [0.15, 0.2) is 6.29 Å². The lowest BCUT2D eigenvalue weighted by molar-refractivity contribution is -0.302. The molecule has 1 aliphatic heterocycles. The molecule has 1 saturated heterocycles. The summed E-state index contributed by atoms with van der Waals surface area (Å²) in [6.07, 6.45) is 28.3. The Morgan fingerprint density at radius 2 is 1.11 bits per heavy atom. The third-order valence-electron chi connectivity index (χ3n) is 10.4. The van der Waals surface area contributed by atoms with Gasteiger partial charge in [0.1, 0.15) is 30.5 Å². The zero-order valence-electron chi connectivity index (χ0n) is 33.6. The van der Waals surface area contributed by atoms with E-state index in [2.05, 4.69) is 31.3 Å². The Morgan fingerprint density at radius 1 is 0.642 bits per heavy atom. The van der Waals surface area contributed by atoms with Crippen molar-refractivity contribution in [2.75, 3.05) is 13.2 Å². The first-order valence-corrected chi connectivity index (χ1v) is 21.7. The van der Waals surface area contributed by atoms with Crippen LogP contribution in [0.3, 0.4) is 0 Å².